The molecule has 0 unspecified atom stereocenters. The molecular formula is C16H19ClN2O2. The summed E-state index contributed by atoms with van der Waals surface area (Å²) >= 11 is 5.92. The molecule has 2 fully saturated rings. The summed E-state index contributed by atoms with van der Waals surface area (Å²) in [4.78, 5) is 24.3. The summed E-state index contributed by atoms with van der Waals surface area (Å²) in [6, 6.07) is 7.88. The normalized spacial score (nSPS) is 18.9. The molecule has 21 heavy (non-hydrogen) atoms. The molecule has 0 saturated heterocycles. The number of amides is 2. The van der Waals surface area contributed by atoms with Crippen LogP contribution in [0.5, 0.6) is 0 Å². The standard InChI is InChI=1S/C16H19ClN2O2/c17-12-3-1-2-11(10-12)6-9-18-14(20)16(7-8-16)15(21)19-13-4-5-13/h1-3,10,13H,4-9H2,(H,18,20)(H,19,21). The first-order valence-electron chi connectivity index (χ1n) is 7.44. The molecule has 1 aromatic carbocycles. The van der Waals surface area contributed by atoms with Gasteiger partial charge in [0.05, 0.1) is 0 Å². The Balaban J connectivity index is 1.48. The summed E-state index contributed by atoms with van der Waals surface area (Å²) in [5.41, 5.74) is 0.284. The molecule has 112 valence electrons. The van der Waals surface area contributed by atoms with Crippen molar-refractivity contribution in [2.24, 2.45) is 5.41 Å². The molecule has 3 rings (SSSR count). The van der Waals surface area contributed by atoms with E-state index in [1.54, 1.807) is 0 Å². The van der Waals surface area contributed by atoms with Gasteiger partial charge in [0.25, 0.3) is 0 Å². The van der Waals surface area contributed by atoms with Gasteiger partial charge in [-0.25, -0.2) is 0 Å². The smallest absolute Gasteiger partial charge is 0.235 e. The molecule has 0 atom stereocenters. The first kappa shape index (κ1) is 14.4. The highest BCUT2D eigenvalue weighted by Crippen LogP contribution is 2.46. The summed E-state index contributed by atoms with van der Waals surface area (Å²) in [7, 11) is 0. The van der Waals surface area contributed by atoms with E-state index in [0.29, 0.717) is 36.9 Å². The Morgan fingerprint density at radius 3 is 2.62 bits per heavy atom. The van der Waals surface area contributed by atoms with Gasteiger partial charge in [0.15, 0.2) is 0 Å². The number of nitrogens with one attached hydrogen (secondary N) is 2. The highest BCUT2D eigenvalue weighted by Gasteiger charge is 2.57. The maximum atomic E-state index is 12.2. The van der Waals surface area contributed by atoms with E-state index in [1.807, 2.05) is 24.3 Å². The minimum atomic E-state index is -0.795. The van der Waals surface area contributed by atoms with Gasteiger partial charge in [0.2, 0.25) is 11.8 Å². The molecule has 0 aromatic heterocycles. The Labute approximate surface area is 129 Å². The molecule has 2 amide bonds. The number of carbonyl (C=O) groups is 2. The molecule has 2 saturated carbocycles. The Hall–Kier alpha value is -1.55. The van der Waals surface area contributed by atoms with E-state index >= 15 is 0 Å². The van der Waals surface area contributed by atoms with Crippen molar-refractivity contribution in [3.63, 3.8) is 0 Å². The van der Waals surface area contributed by atoms with Crippen LogP contribution in [0.4, 0.5) is 0 Å². The summed E-state index contributed by atoms with van der Waals surface area (Å²) < 4.78 is 0. The van der Waals surface area contributed by atoms with Crippen molar-refractivity contribution in [3.05, 3.63) is 34.9 Å². The van der Waals surface area contributed by atoms with Crippen LogP contribution >= 0.6 is 11.6 Å². The van der Waals surface area contributed by atoms with Crippen LogP contribution < -0.4 is 10.6 Å². The lowest BCUT2D eigenvalue weighted by molar-refractivity contribution is -0.137. The van der Waals surface area contributed by atoms with E-state index in [9.17, 15) is 9.59 Å². The monoisotopic (exact) mass is 306 g/mol. The topological polar surface area (TPSA) is 58.2 Å². The minimum Gasteiger partial charge on any atom is -0.355 e. The zero-order valence-electron chi connectivity index (χ0n) is 11.8. The van der Waals surface area contributed by atoms with Gasteiger partial charge >= 0.3 is 0 Å². The third kappa shape index (κ3) is 3.38. The van der Waals surface area contributed by atoms with Gasteiger partial charge < -0.3 is 10.6 Å². The van der Waals surface area contributed by atoms with Crippen molar-refractivity contribution in [1.29, 1.82) is 0 Å². The third-order valence-electron chi connectivity index (χ3n) is 4.12. The Bertz CT molecular complexity index is 565. The second kappa shape index (κ2) is 5.68. The molecular weight excluding hydrogens is 288 g/mol. The zero-order chi connectivity index (χ0) is 14.9. The molecule has 2 aliphatic carbocycles. The van der Waals surface area contributed by atoms with Crippen molar-refractivity contribution in [3.8, 4) is 0 Å². The SMILES string of the molecule is O=C(NCCc1cccc(Cl)c1)C1(C(=O)NC2CC2)CC1. The summed E-state index contributed by atoms with van der Waals surface area (Å²) in [6.45, 7) is 0.525. The van der Waals surface area contributed by atoms with E-state index in [-0.39, 0.29) is 11.8 Å². The lowest BCUT2D eigenvalue weighted by Gasteiger charge is -2.15. The number of benzene rings is 1. The predicted octanol–water partition coefficient (Wildman–Crippen LogP) is 2.06. The van der Waals surface area contributed by atoms with Gasteiger partial charge in [0, 0.05) is 17.6 Å². The largest absolute Gasteiger partial charge is 0.355 e. The fourth-order valence-corrected chi connectivity index (χ4v) is 2.63. The van der Waals surface area contributed by atoms with Crippen LogP contribution in [0.15, 0.2) is 24.3 Å². The van der Waals surface area contributed by atoms with Crippen molar-refractivity contribution in [1.82, 2.24) is 10.6 Å². The first-order chi connectivity index (χ1) is 10.1. The number of hydrogen-bond acceptors (Lipinski definition) is 2. The highest BCUT2D eigenvalue weighted by molar-refractivity contribution is 6.30. The van der Waals surface area contributed by atoms with Gasteiger partial charge in [-0.2, -0.15) is 0 Å². The van der Waals surface area contributed by atoms with Gasteiger partial charge in [-0.1, -0.05) is 23.7 Å². The third-order valence-corrected chi connectivity index (χ3v) is 4.36. The summed E-state index contributed by atoms with van der Waals surface area (Å²) in [5, 5.41) is 6.52. The molecule has 0 heterocycles. The lowest BCUT2D eigenvalue weighted by atomic mass is 10.0. The second-order valence-electron chi connectivity index (χ2n) is 5.97. The maximum Gasteiger partial charge on any atom is 0.235 e. The van der Waals surface area contributed by atoms with Crippen molar-refractivity contribution in [2.75, 3.05) is 6.54 Å². The summed E-state index contributed by atoms with van der Waals surface area (Å²) in [6.07, 6.45) is 4.12. The van der Waals surface area contributed by atoms with Crippen LogP contribution in [0.3, 0.4) is 0 Å². The van der Waals surface area contributed by atoms with Gasteiger partial charge in [-0.05, 0) is 49.8 Å². The van der Waals surface area contributed by atoms with Gasteiger partial charge in [-0.15, -0.1) is 0 Å². The Kier molecular flexibility index (Phi) is 3.89. The number of hydrogen-bond donors (Lipinski definition) is 2. The zero-order valence-corrected chi connectivity index (χ0v) is 12.6. The molecule has 0 spiro atoms. The van der Waals surface area contributed by atoms with Crippen LogP contribution in [0.2, 0.25) is 5.02 Å². The number of carbonyl (C=O) groups excluding carboxylic acids is 2. The van der Waals surface area contributed by atoms with Crippen LogP contribution in [0, 0.1) is 5.41 Å². The molecule has 0 bridgehead atoms. The summed E-state index contributed by atoms with van der Waals surface area (Å²) in [5.74, 6) is -0.229. The number of rotatable bonds is 6. The lowest BCUT2D eigenvalue weighted by Crippen LogP contribution is -2.44. The van der Waals surface area contributed by atoms with Crippen molar-refractivity contribution >= 4 is 23.4 Å². The van der Waals surface area contributed by atoms with Crippen LogP contribution in [0.1, 0.15) is 31.2 Å². The molecule has 4 nitrogen and oxygen atoms in total. The highest BCUT2D eigenvalue weighted by atomic mass is 35.5. The quantitative estimate of drug-likeness (QED) is 0.790. The van der Waals surface area contributed by atoms with E-state index in [1.165, 1.54) is 0 Å². The Morgan fingerprint density at radius 2 is 2.00 bits per heavy atom. The average Bonchev–Trinajstić information content (AvgIpc) is 3.33. The van der Waals surface area contributed by atoms with Crippen LogP contribution in [-0.4, -0.2) is 24.4 Å². The molecule has 0 radical (unpaired) electrons. The van der Waals surface area contributed by atoms with E-state index in [0.717, 1.165) is 18.4 Å². The molecule has 5 heteroatoms. The second-order valence-corrected chi connectivity index (χ2v) is 6.40. The fourth-order valence-electron chi connectivity index (χ4n) is 2.42. The van der Waals surface area contributed by atoms with Gasteiger partial charge in [0.1, 0.15) is 5.41 Å². The molecule has 2 aliphatic rings. The first-order valence-corrected chi connectivity index (χ1v) is 7.82. The molecule has 0 aliphatic heterocycles. The van der Waals surface area contributed by atoms with E-state index < -0.39 is 5.41 Å². The number of halogens is 1. The minimum absolute atomic E-state index is 0.0924. The van der Waals surface area contributed by atoms with E-state index in [2.05, 4.69) is 10.6 Å². The predicted molar refractivity (Wildman–Crippen MR) is 81.0 cm³/mol. The van der Waals surface area contributed by atoms with Crippen molar-refractivity contribution < 1.29 is 9.59 Å². The van der Waals surface area contributed by atoms with E-state index in [4.69, 9.17) is 11.6 Å². The van der Waals surface area contributed by atoms with Crippen molar-refractivity contribution in [2.45, 2.75) is 38.1 Å². The van der Waals surface area contributed by atoms with Gasteiger partial charge in [-0.3, -0.25) is 9.59 Å². The average molecular weight is 307 g/mol. The van der Waals surface area contributed by atoms with Crippen LogP contribution in [-0.2, 0) is 16.0 Å². The fraction of sp³-hybridized carbons (Fsp3) is 0.500. The van der Waals surface area contributed by atoms with Crippen LogP contribution in [0.25, 0.3) is 0 Å². The maximum absolute atomic E-state index is 12.2. The molecule has 2 N–H and O–H groups in total. The molecule has 1 aromatic rings. The Morgan fingerprint density at radius 1 is 1.24 bits per heavy atom.